The molecule has 2 fully saturated rings. The molecule has 2 rings (SSSR count). The Labute approximate surface area is 123 Å². The number of esters is 1. The van der Waals surface area contributed by atoms with Crippen LogP contribution in [0.4, 0.5) is 4.79 Å². The van der Waals surface area contributed by atoms with E-state index in [4.69, 9.17) is 0 Å². The molecule has 1 saturated heterocycles. The van der Waals surface area contributed by atoms with Crippen molar-refractivity contribution in [1.82, 2.24) is 10.2 Å². The van der Waals surface area contributed by atoms with Gasteiger partial charge in [-0.25, -0.2) is 4.79 Å². The monoisotopic (exact) mass is 296 g/mol. The van der Waals surface area contributed by atoms with Gasteiger partial charge in [-0.15, -0.1) is 0 Å². The Morgan fingerprint density at radius 1 is 1.24 bits per heavy atom. The average molecular weight is 296 g/mol. The second kappa shape index (κ2) is 6.24. The standard InChI is InChI=1S/C14H20N2O5/c1-2-21-11(18)8-10(17)9-16-12(19)14(15-13(16)20)6-4-3-5-7-14/h2-9H2,1H3,(H,15,20). The zero-order valence-electron chi connectivity index (χ0n) is 12.1. The highest BCUT2D eigenvalue weighted by Gasteiger charge is 2.51. The van der Waals surface area contributed by atoms with Gasteiger partial charge in [0.25, 0.3) is 5.91 Å². The van der Waals surface area contributed by atoms with E-state index in [1.54, 1.807) is 6.92 Å². The molecule has 2 aliphatic rings. The topological polar surface area (TPSA) is 92.8 Å². The van der Waals surface area contributed by atoms with Gasteiger partial charge in [-0.05, 0) is 19.8 Å². The predicted octanol–water partition coefficient (Wildman–Crippen LogP) is 0.763. The maximum atomic E-state index is 12.4. The van der Waals surface area contributed by atoms with Crippen molar-refractivity contribution in [2.75, 3.05) is 13.2 Å². The molecule has 1 N–H and O–H groups in total. The third-order valence-corrected chi connectivity index (χ3v) is 3.93. The minimum atomic E-state index is -0.834. The zero-order valence-corrected chi connectivity index (χ0v) is 12.1. The van der Waals surface area contributed by atoms with Crippen LogP contribution in [0.25, 0.3) is 0 Å². The maximum absolute atomic E-state index is 12.4. The van der Waals surface area contributed by atoms with E-state index in [0.717, 1.165) is 24.2 Å². The fourth-order valence-corrected chi connectivity index (χ4v) is 2.92. The van der Waals surface area contributed by atoms with Crippen molar-refractivity contribution in [2.45, 2.75) is 51.0 Å². The molecule has 0 aromatic carbocycles. The number of hydrogen-bond donors (Lipinski definition) is 1. The molecule has 3 amide bonds. The summed E-state index contributed by atoms with van der Waals surface area (Å²) in [6.45, 7) is 1.47. The van der Waals surface area contributed by atoms with Crippen molar-refractivity contribution in [3.05, 3.63) is 0 Å². The van der Waals surface area contributed by atoms with Gasteiger partial charge in [-0.1, -0.05) is 19.3 Å². The molecule has 0 aromatic rings. The highest BCUT2D eigenvalue weighted by atomic mass is 16.5. The van der Waals surface area contributed by atoms with Gasteiger partial charge in [0.05, 0.1) is 13.2 Å². The van der Waals surface area contributed by atoms with Gasteiger partial charge in [0.1, 0.15) is 12.0 Å². The highest BCUT2D eigenvalue weighted by Crippen LogP contribution is 2.33. The molecule has 0 unspecified atom stereocenters. The summed E-state index contributed by atoms with van der Waals surface area (Å²) in [4.78, 5) is 48.3. The first-order valence-electron chi connectivity index (χ1n) is 7.30. The van der Waals surface area contributed by atoms with Crippen LogP contribution in [0.2, 0.25) is 0 Å². The van der Waals surface area contributed by atoms with Crippen molar-refractivity contribution in [3.8, 4) is 0 Å². The Kier molecular flexibility index (Phi) is 4.59. The molecule has 7 heteroatoms. The van der Waals surface area contributed by atoms with Crippen LogP contribution >= 0.6 is 0 Å². The first kappa shape index (κ1) is 15.5. The van der Waals surface area contributed by atoms with Gasteiger partial charge in [0.2, 0.25) is 0 Å². The van der Waals surface area contributed by atoms with Crippen molar-refractivity contribution >= 4 is 23.7 Å². The number of urea groups is 1. The largest absolute Gasteiger partial charge is 0.466 e. The van der Waals surface area contributed by atoms with E-state index in [1.807, 2.05) is 0 Å². The van der Waals surface area contributed by atoms with Crippen LogP contribution in [0.1, 0.15) is 45.4 Å². The summed E-state index contributed by atoms with van der Waals surface area (Å²) >= 11 is 0. The fourth-order valence-electron chi connectivity index (χ4n) is 2.92. The van der Waals surface area contributed by atoms with Crippen LogP contribution in [0.15, 0.2) is 0 Å². The van der Waals surface area contributed by atoms with Crippen LogP contribution in [-0.2, 0) is 19.1 Å². The Balaban J connectivity index is 1.97. The van der Waals surface area contributed by atoms with E-state index in [0.29, 0.717) is 12.8 Å². The summed E-state index contributed by atoms with van der Waals surface area (Å²) in [5.41, 5.74) is -0.834. The van der Waals surface area contributed by atoms with Gasteiger partial charge in [0.15, 0.2) is 5.78 Å². The Bertz CT molecular complexity index is 468. The van der Waals surface area contributed by atoms with Crippen molar-refractivity contribution in [3.63, 3.8) is 0 Å². The van der Waals surface area contributed by atoms with E-state index < -0.39 is 29.7 Å². The lowest BCUT2D eigenvalue weighted by atomic mass is 9.82. The molecule has 21 heavy (non-hydrogen) atoms. The van der Waals surface area contributed by atoms with Crippen LogP contribution in [-0.4, -0.2) is 47.3 Å². The van der Waals surface area contributed by atoms with Gasteiger partial charge in [-0.3, -0.25) is 19.3 Å². The lowest BCUT2D eigenvalue weighted by molar-refractivity contribution is -0.146. The number of Topliss-reactive ketones (excluding diaryl/α,β-unsaturated/α-hetero) is 1. The minimum absolute atomic E-state index is 0.193. The maximum Gasteiger partial charge on any atom is 0.325 e. The van der Waals surface area contributed by atoms with Gasteiger partial charge in [-0.2, -0.15) is 0 Å². The molecule has 0 aromatic heterocycles. The smallest absolute Gasteiger partial charge is 0.325 e. The number of hydrogen-bond acceptors (Lipinski definition) is 5. The first-order chi connectivity index (χ1) is 9.98. The van der Waals surface area contributed by atoms with Crippen LogP contribution in [0, 0.1) is 0 Å². The summed E-state index contributed by atoms with van der Waals surface area (Å²) in [6.07, 6.45) is 3.62. The van der Waals surface area contributed by atoms with Crippen molar-refractivity contribution < 1.29 is 23.9 Å². The van der Waals surface area contributed by atoms with E-state index in [-0.39, 0.29) is 19.1 Å². The van der Waals surface area contributed by atoms with E-state index in [1.165, 1.54) is 0 Å². The highest BCUT2D eigenvalue weighted by molar-refractivity contribution is 6.10. The molecule has 0 bridgehead atoms. The third-order valence-electron chi connectivity index (χ3n) is 3.93. The summed E-state index contributed by atoms with van der Waals surface area (Å²) in [5, 5.41) is 2.72. The molecular formula is C14H20N2O5. The number of rotatable bonds is 5. The summed E-state index contributed by atoms with van der Waals surface area (Å²) in [6, 6.07) is -0.542. The lowest BCUT2D eigenvalue weighted by Crippen LogP contribution is -2.48. The molecule has 1 spiro atoms. The van der Waals surface area contributed by atoms with Gasteiger partial charge >= 0.3 is 12.0 Å². The molecule has 0 radical (unpaired) electrons. The minimum Gasteiger partial charge on any atom is -0.466 e. The molecule has 1 saturated carbocycles. The quantitative estimate of drug-likeness (QED) is 0.459. The Morgan fingerprint density at radius 2 is 1.90 bits per heavy atom. The number of ketones is 1. The Morgan fingerprint density at radius 3 is 2.52 bits per heavy atom. The average Bonchev–Trinajstić information content (AvgIpc) is 2.64. The molecule has 1 aliphatic heterocycles. The molecule has 0 atom stereocenters. The van der Waals surface area contributed by atoms with Crippen molar-refractivity contribution in [1.29, 1.82) is 0 Å². The molecule has 1 heterocycles. The number of nitrogens with zero attached hydrogens (tertiary/aromatic N) is 1. The zero-order chi connectivity index (χ0) is 15.5. The Hall–Kier alpha value is -1.92. The summed E-state index contributed by atoms with van der Waals surface area (Å²) in [5.74, 6) is -1.48. The van der Waals surface area contributed by atoms with Crippen molar-refractivity contribution in [2.24, 2.45) is 0 Å². The molecule has 116 valence electrons. The number of nitrogens with one attached hydrogen (secondary N) is 1. The summed E-state index contributed by atoms with van der Waals surface area (Å²) < 4.78 is 4.68. The lowest BCUT2D eigenvalue weighted by Gasteiger charge is -2.30. The van der Waals surface area contributed by atoms with Crippen LogP contribution in [0.3, 0.4) is 0 Å². The number of amides is 3. The molecule has 1 aliphatic carbocycles. The first-order valence-corrected chi connectivity index (χ1v) is 7.30. The summed E-state index contributed by atoms with van der Waals surface area (Å²) in [7, 11) is 0. The van der Waals surface area contributed by atoms with Crippen LogP contribution < -0.4 is 5.32 Å². The third kappa shape index (κ3) is 3.22. The fraction of sp³-hybridized carbons (Fsp3) is 0.714. The normalized spacial score (nSPS) is 20.5. The predicted molar refractivity (Wildman–Crippen MR) is 72.3 cm³/mol. The van der Waals surface area contributed by atoms with E-state index in [2.05, 4.69) is 10.1 Å². The molecular weight excluding hydrogens is 276 g/mol. The number of carbonyl (C=O) groups is 4. The number of carbonyl (C=O) groups excluding carboxylic acids is 4. The second-order valence-corrected chi connectivity index (χ2v) is 5.48. The van der Waals surface area contributed by atoms with E-state index >= 15 is 0 Å². The van der Waals surface area contributed by atoms with Gasteiger partial charge in [0, 0.05) is 0 Å². The second-order valence-electron chi connectivity index (χ2n) is 5.48. The van der Waals surface area contributed by atoms with Crippen LogP contribution in [0.5, 0.6) is 0 Å². The van der Waals surface area contributed by atoms with E-state index in [9.17, 15) is 19.2 Å². The molecule has 7 nitrogen and oxygen atoms in total. The number of ether oxygens (including phenoxy) is 1. The van der Waals surface area contributed by atoms with Gasteiger partial charge < -0.3 is 10.1 Å². The SMILES string of the molecule is CCOC(=O)CC(=O)CN1C(=O)NC2(CCCCC2)C1=O. The number of imide groups is 1.